The van der Waals surface area contributed by atoms with Crippen LogP contribution in [0.3, 0.4) is 0 Å². The molecule has 1 heterocycles. The molecule has 1 aliphatic rings. The fourth-order valence-electron chi connectivity index (χ4n) is 2.13. The van der Waals surface area contributed by atoms with Gasteiger partial charge in [-0.1, -0.05) is 6.92 Å². The first-order valence-corrected chi connectivity index (χ1v) is 5.87. The molecular weight excluding hydrogens is 234 g/mol. The first-order valence-electron chi connectivity index (χ1n) is 5.87. The van der Waals surface area contributed by atoms with Gasteiger partial charge in [0.1, 0.15) is 6.04 Å². The van der Waals surface area contributed by atoms with Crippen molar-refractivity contribution in [1.82, 2.24) is 5.32 Å². The Bertz CT molecular complexity index is 514. The molecule has 0 spiro atoms. The van der Waals surface area contributed by atoms with Gasteiger partial charge in [0.15, 0.2) is 0 Å². The Labute approximate surface area is 105 Å². The van der Waals surface area contributed by atoms with Gasteiger partial charge >= 0.3 is 0 Å². The van der Waals surface area contributed by atoms with Crippen LogP contribution in [0.25, 0.3) is 0 Å². The van der Waals surface area contributed by atoms with Crippen molar-refractivity contribution in [3.63, 3.8) is 0 Å². The Balaban J connectivity index is 2.42. The molecule has 1 aromatic carbocycles. The zero-order chi connectivity index (χ0) is 13.3. The summed E-state index contributed by atoms with van der Waals surface area (Å²) in [6.45, 7) is 4.45. The molecule has 0 fully saturated rings. The molecule has 1 atom stereocenters. The van der Waals surface area contributed by atoms with E-state index in [0.717, 1.165) is 6.42 Å². The number of nitro benzene ring substituents is 1. The van der Waals surface area contributed by atoms with Crippen molar-refractivity contribution < 1.29 is 9.72 Å². The summed E-state index contributed by atoms with van der Waals surface area (Å²) in [5.74, 6) is -0.151. The van der Waals surface area contributed by atoms with Crippen molar-refractivity contribution in [3.05, 3.63) is 33.4 Å². The average Bonchev–Trinajstić information content (AvgIpc) is 2.63. The van der Waals surface area contributed by atoms with Crippen LogP contribution in [0.1, 0.15) is 30.5 Å². The first-order chi connectivity index (χ1) is 8.54. The highest BCUT2D eigenvalue weighted by molar-refractivity contribution is 6.03. The van der Waals surface area contributed by atoms with Crippen molar-refractivity contribution in [2.45, 2.75) is 26.3 Å². The van der Waals surface area contributed by atoms with Crippen molar-refractivity contribution in [3.8, 4) is 0 Å². The molecule has 1 aromatic rings. The van der Waals surface area contributed by atoms with Crippen molar-refractivity contribution >= 4 is 17.3 Å². The monoisotopic (exact) mass is 249 g/mol. The topological polar surface area (TPSA) is 84.3 Å². The van der Waals surface area contributed by atoms with E-state index in [1.54, 1.807) is 6.92 Å². The summed E-state index contributed by atoms with van der Waals surface area (Å²) in [6, 6.07) is 2.45. The lowest BCUT2D eigenvalue weighted by atomic mass is 10.0. The summed E-state index contributed by atoms with van der Waals surface area (Å²) in [6.07, 6.45) is 0.896. The molecule has 0 saturated carbocycles. The van der Waals surface area contributed by atoms with Gasteiger partial charge in [0.25, 0.3) is 5.69 Å². The molecule has 0 aromatic heterocycles. The van der Waals surface area contributed by atoms with Crippen molar-refractivity contribution in [2.24, 2.45) is 0 Å². The highest BCUT2D eigenvalue weighted by Gasteiger charge is 2.32. The minimum Gasteiger partial charge on any atom is -0.324 e. The highest BCUT2D eigenvalue weighted by atomic mass is 16.6. The number of nitro groups is 1. The maximum Gasteiger partial charge on any atom is 0.270 e. The van der Waals surface area contributed by atoms with Gasteiger partial charge in [-0.2, -0.15) is 0 Å². The fraction of sp³-hybridized carbons (Fsp3) is 0.417. The number of nitrogens with one attached hydrogen (secondary N) is 2. The molecular formula is C12H15N3O3. The largest absolute Gasteiger partial charge is 0.324 e. The van der Waals surface area contributed by atoms with Crippen LogP contribution in [0.5, 0.6) is 0 Å². The molecule has 1 aliphatic heterocycles. The van der Waals surface area contributed by atoms with Crippen LogP contribution in [-0.2, 0) is 4.79 Å². The van der Waals surface area contributed by atoms with Crippen LogP contribution in [0, 0.1) is 17.0 Å². The molecule has 2 rings (SSSR count). The normalized spacial score (nSPS) is 17.4. The highest BCUT2D eigenvalue weighted by Crippen LogP contribution is 2.36. The number of non-ortho nitro benzene ring substituents is 1. The summed E-state index contributed by atoms with van der Waals surface area (Å²) >= 11 is 0. The zero-order valence-electron chi connectivity index (χ0n) is 10.3. The van der Waals surface area contributed by atoms with Gasteiger partial charge in [0, 0.05) is 23.4 Å². The van der Waals surface area contributed by atoms with E-state index >= 15 is 0 Å². The molecule has 1 unspecified atom stereocenters. The Kier molecular flexibility index (Phi) is 3.29. The van der Waals surface area contributed by atoms with Crippen LogP contribution in [0.2, 0.25) is 0 Å². The van der Waals surface area contributed by atoms with E-state index in [-0.39, 0.29) is 11.6 Å². The maximum atomic E-state index is 11.8. The van der Waals surface area contributed by atoms with Crippen LogP contribution < -0.4 is 10.6 Å². The van der Waals surface area contributed by atoms with Gasteiger partial charge in [0.2, 0.25) is 5.91 Å². The maximum absolute atomic E-state index is 11.8. The van der Waals surface area contributed by atoms with Crippen LogP contribution >= 0.6 is 0 Å². The van der Waals surface area contributed by atoms with Gasteiger partial charge in [-0.15, -0.1) is 0 Å². The first kappa shape index (κ1) is 12.5. The van der Waals surface area contributed by atoms with Gasteiger partial charge in [-0.05, 0) is 25.5 Å². The van der Waals surface area contributed by atoms with Gasteiger partial charge in [-0.25, -0.2) is 0 Å². The predicted molar refractivity (Wildman–Crippen MR) is 67.5 cm³/mol. The number of amides is 1. The van der Waals surface area contributed by atoms with E-state index < -0.39 is 11.0 Å². The van der Waals surface area contributed by atoms with Crippen molar-refractivity contribution in [2.75, 3.05) is 11.9 Å². The molecule has 0 radical (unpaired) electrons. The molecule has 6 nitrogen and oxygen atoms in total. The Morgan fingerprint density at radius 2 is 2.22 bits per heavy atom. The standard InChI is InChI=1S/C12H15N3O3/c1-3-4-13-11-9-6-8(15(17)18)5-7(2)10(9)14-12(11)16/h5-6,11,13H,3-4H2,1-2H3,(H,14,16). The number of fused-ring (bicyclic) bond motifs is 1. The Morgan fingerprint density at radius 1 is 1.50 bits per heavy atom. The molecule has 96 valence electrons. The smallest absolute Gasteiger partial charge is 0.270 e. The Hall–Kier alpha value is -1.95. The lowest BCUT2D eigenvalue weighted by molar-refractivity contribution is -0.384. The summed E-state index contributed by atoms with van der Waals surface area (Å²) in [5.41, 5.74) is 2.10. The number of benzene rings is 1. The number of hydrogen-bond acceptors (Lipinski definition) is 4. The molecule has 18 heavy (non-hydrogen) atoms. The van der Waals surface area contributed by atoms with E-state index in [1.807, 2.05) is 6.92 Å². The molecule has 0 aliphatic carbocycles. The van der Waals surface area contributed by atoms with Crippen LogP contribution in [0.4, 0.5) is 11.4 Å². The third kappa shape index (κ3) is 2.06. The second-order valence-electron chi connectivity index (χ2n) is 4.36. The van der Waals surface area contributed by atoms with Crippen LogP contribution in [0.15, 0.2) is 12.1 Å². The third-order valence-corrected chi connectivity index (χ3v) is 2.98. The van der Waals surface area contributed by atoms with Gasteiger partial charge in [0.05, 0.1) is 4.92 Å². The van der Waals surface area contributed by atoms with E-state index in [1.165, 1.54) is 12.1 Å². The van der Waals surface area contributed by atoms with Crippen LogP contribution in [-0.4, -0.2) is 17.4 Å². The zero-order valence-corrected chi connectivity index (χ0v) is 10.3. The lowest BCUT2D eigenvalue weighted by Crippen LogP contribution is -2.28. The predicted octanol–water partition coefficient (Wildman–Crippen LogP) is 1.90. The van der Waals surface area contributed by atoms with E-state index in [4.69, 9.17) is 0 Å². The van der Waals surface area contributed by atoms with E-state index in [2.05, 4.69) is 10.6 Å². The number of carbonyl (C=O) groups is 1. The van der Waals surface area contributed by atoms with E-state index in [0.29, 0.717) is 23.4 Å². The lowest BCUT2D eigenvalue weighted by Gasteiger charge is -2.10. The van der Waals surface area contributed by atoms with Crippen molar-refractivity contribution in [1.29, 1.82) is 0 Å². The Morgan fingerprint density at radius 3 is 2.83 bits per heavy atom. The number of aryl methyl sites for hydroxylation is 1. The second kappa shape index (κ2) is 4.73. The summed E-state index contributed by atoms with van der Waals surface area (Å²) in [4.78, 5) is 22.2. The SMILES string of the molecule is CCCNC1C(=O)Nc2c(C)cc([N+](=O)[O-])cc21. The molecule has 0 saturated heterocycles. The number of anilines is 1. The minimum absolute atomic E-state index is 0.0195. The quantitative estimate of drug-likeness (QED) is 0.630. The molecule has 2 N–H and O–H groups in total. The van der Waals surface area contributed by atoms with Gasteiger partial charge in [-0.3, -0.25) is 14.9 Å². The number of rotatable bonds is 4. The fourth-order valence-corrected chi connectivity index (χ4v) is 2.13. The molecule has 6 heteroatoms. The van der Waals surface area contributed by atoms with E-state index in [9.17, 15) is 14.9 Å². The summed E-state index contributed by atoms with van der Waals surface area (Å²) in [5, 5.41) is 16.7. The second-order valence-corrected chi connectivity index (χ2v) is 4.36. The minimum atomic E-state index is -0.487. The summed E-state index contributed by atoms with van der Waals surface area (Å²) < 4.78 is 0. The number of carbonyl (C=O) groups excluding carboxylic acids is 1. The van der Waals surface area contributed by atoms with Gasteiger partial charge < -0.3 is 10.6 Å². The number of nitrogens with zero attached hydrogens (tertiary/aromatic N) is 1. The average molecular weight is 249 g/mol. The molecule has 1 amide bonds. The third-order valence-electron chi connectivity index (χ3n) is 2.98. The summed E-state index contributed by atoms with van der Waals surface area (Å²) in [7, 11) is 0. The number of hydrogen-bond donors (Lipinski definition) is 2. The molecule has 0 bridgehead atoms.